The molecule has 1 heterocycles. The summed E-state index contributed by atoms with van der Waals surface area (Å²) in [5.74, 6) is 4.26. The summed E-state index contributed by atoms with van der Waals surface area (Å²) in [6.07, 6.45) is 0. The van der Waals surface area contributed by atoms with E-state index in [2.05, 4.69) is 29.6 Å². The van der Waals surface area contributed by atoms with Crippen molar-refractivity contribution in [2.75, 3.05) is 25.4 Å². The van der Waals surface area contributed by atoms with Crippen LogP contribution in [0.15, 0.2) is 24.3 Å². The predicted octanol–water partition coefficient (Wildman–Crippen LogP) is 2.54. The van der Waals surface area contributed by atoms with Crippen molar-refractivity contribution in [2.24, 2.45) is 5.92 Å². The average Bonchev–Trinajstić information content (AvgIpc) is 2.24. The molecule has 0 spiro atoms. The molecule has 1 saturated heterocycles. The van der Waals surface area contributed by atoms with Crippen molar-refractivity contribution in [1.82, 2.24) is 5.32 Å². The summed E-state index contributed by atoms with van der Waals surface area (Å²) in [5.41, 5.74) is 1.39. The summed E-state index contributed by atoms with van der Waals surface area (Å²) in [6.45, 7) is 5.16. The van der Waals surface area contributed by atoms with Gasteiger partial charge >= 0.3 is 0 Å². The zero-order valence-corrected chi connectivity index (χ0v) is 10.6. The topological polar surface area (TPSA) is 21.3 Å². The number of rotatable bonds is 6. The largest absolute Gasteiger partial charge is 0.494 e. The quantitative estimate of drug-likeness (QED) is 0.821. The fourth-order valence-electron chi connectivity index (χ4n) is 1.66. The van der Waals surface area contributed by atoms with Gasteiger partial charge in [-0.15, -0.1) is 0 Å². The summed E-state index contributed by atoms with van der Waals surface area (Å²) in [5, 5.41) is 3.30. The number of hydrogen-bond acceptors (Lipinski definition) is 3. The predicted molar refractivity (Wildman–Crippen MR) is 70.1 cm³/mol. The van der Waals surface area contributed by atoms with E-state index in [0.717, 1.165) is 24.0 Å². The Bertz CT molecular complexity index is 308. The standard InChI is InChI=1S/C13H19NOS/c1-2-15-13-5-3-11(4-6-13)9-16-10-12-7-14-8-12/h3-6,12,14H,2,7-10H2,1H3. The van der Waals surface area contributed by atoms with Crippen LogP contribution in [-0.4, -0.2) is 25.4 Å². The van der Waals surface area contributed by atoms with E-state index in [1.54, 1.807) is 0 Å². The van der Waals surface area contributed by atoms with E-state index >= 15 is 0 Å². The van der Waals surface area contributed by atoms with Crippen molar-refractivity contribution in [3.63, 3.8) is 0 Å². The molecule has 1 aromatic rings. The van der Waals surface area contributed by atoms with E-state index < -0.39 is 0 Å². The molecular weight excluding hydrogens is 218 g/mol. The number of ether oxygens (including phenoxy) is 1. The summed E-state index contributed by atoms with van der Waals surface area (Å²) in [6, 6.07) is 8.45. The Morgan fingerprint density at radius 2 is 2.06 bits per heavy atom. The molecule has 0 atom stereocenters. The van der Waals surface area contributed by atoms with Crippen LogP contribution in [0.2, 0.25) is 0 Å². The fourth-order valence-corrected chi connectivity index (χ4v) is 2.77. The summed E-state index contributed by atoms with van der Waals surface area (Å²) in [7, 11) is 0. The molecule has 1 aliphatic heterocycles. The van der Waals surface area contributed by atoms with Gasteiger partial charge in [-0.05, 0) is 49.4 Å². The van der Waals surface area contributed by atoms with E-state index in [-0.39, 0.29) is 0 Å². The minimum Gasteiger partial charge on any atom is -0.494 e. The van der Waals surface area contributed by atoms with E-state index in [0.29, 0.717) is 0 Å². The van der Waals surface area contributed by atoms with Crippen LogP contribution in [0.3, 0.4) is 0 Å². The van der Waals surface area contributed by atoms with E-state index in [1.165, 1.54) is 24.4 Å². The molecule has 2 rings (SSSR count). The van der Waals surface area contributed by atoms with Gasteiger partial charge in [-0.3, -0.25) is 0 Å². The SMILES string of the molecule is CCOc1ccc(CSCC2CNC2)cc1. The maximum Gasteiger partial charge on any atom is 0.119 e. The maximum absolute atomic E-state index is 5.41. The van der Waals surface area contributed by atoms with Crippen LogP contribution < -0.4 is 10.1 Å². The van der Waals surface area contributed by atoms with Gasteiger partial charge in [0.25, 0.3) is 0 Å². The van der Waals surface area contributed by atoms with Crippen LogP contribution in [0.5, 0.6) is 5.75 Å². The molecule has 16 heavy (non-hydrogen) atoms. The summed E-state index contributed by atoms with van der Waals surface area (Å²) >= 11 is 2.03. The highest BCUT2D eigenvalue weighted by atomic mass is 32.2. The van der Waals surface area contributed by atoms with Crippen LogP contribution in [-0.2, 0) is 5.75 Å². The first kappa shape index (κ1) is 11.8. The highest BCUT2D eigenvalue weighted by molar-refractivity contribution is 7.98. The lowest BCUT2D eigenvalue weighted by atomic mass is 10.1. The Morgan fingerprint density at radius 3 is 2.62 bits per heavy atom. The smallest absolute Gasteiger partial charge is 0.119 e. The molecule has 2 nitrogen and oxygen atoms in total. The first-order valence-corrected chi connectivity index (χ1v) is 7.04. The zero-order valence-electron chi connectivity index (χ0n) is 9.74. The minimum atomic E-state index is 0.739. The fraction of sp³-hybridized carbons (Fsp3) is 0.538. The van der Waals surface area contributed by atoms with Crippen LogP contribution in [0.4, 0.5) is 0 Å². The molecule has 1 aromatic carbocycles. The van der Waals surface area contributed by atoms with Gasteiger partial charge in [0.15, 0.2) is 0 Å². The average molecular weight is 237 g/mol. The Morgan fingerprint density at radius 1 is 1.31 bits per heavy atom. The van der Waals surface area contributed by atoms with Gasteiger partial charge in [0.1, 0.15) is 5.75 Å². The van der Waals surface area contributed by atoms with Gasteiger partial charge in [-0.2, -0.15) is 11.8 Å². The molecule has 0 saturated carbocycles. The van der Waals surface area contributed by atoms with Crippen molar-refractivity contribution in [3.8, 4) is 5.75 Å². The molecule has 88 valence electrons. The van der Waals surface area contributed by atoms with E-state index in [1.807, 2.05) is 18.7 Å². The van der Waals surface area contributed by atoms with E-state index in [9.17, 15) is 0 Å². The Balaban J connectivity index is 1.71. The normalized spacial score (nSPS) is 15.8. The van der Waals surface area contributed by atoms with Gasteiger partial charge in [0.2, 0.25) is 0 Å². The Kier molecular flexibility index (Phi) is 4.55. The second-order valence-corrected chi connectivity index (χ2v) is 5.15. The van der Waals surface area contributed by atoms with Crippen LogP contribution >= 0.6 is 11.8 Å². The molecule has 0 aromatic heterocycles. The summed E-state index contributed by atoms with van der Waals surface area (Å²) < 4.78 is 5.41. The number of benzene rings is 1. The number of hydrogen-bond donors (Lipinski definition) is 1. The third-order valence-electron chi connectivity index (χ3n) is 2.72. The van der Waals surface area contributed by atoms with Gasteiger partial charge in [0.05, 0.1) is 6.61 Å². The summed E-state index contributed by atoms with van der Waals surface area (Å²) in [4.78, 5) is 0. The highest BCUT2D eigenvalue weighted by Crippen LogP contribution is 2.19. The molecule has 3 heteroatoms. The Labute approximate surface area is 102 Å². The third-order valence-corrected chi connectivity index (χ3v) is 3.97. The lowest BCUT2D eigenvalue weighted by Gasteiger charge is -2.26. The van der Waals surface area contributed by atoms with Crippen LogP contribution in [0.25, 0.3) is 0 Å². The first-order valence-electron chi connectivity index (χ1n) is 5.88. The first-order chi connectivity index (χ1) is 7.88. The van der Waals surface area contributed by atoms with Gasteiger partial charge in [-0.25, -0.2) is 0 Å². The van der Waals surface area contributed by atoms with Gasteiger partial charge < -0.3 is 10.1 Å². The number of thioether (sulfide) groups is 1. The van der Waals surface area contributed by atoms with Crippen molar-refractivity contribution >= 4 is 11.8 Å². The molecule has 1 fully saturated rings. The van der Waals surface area contributed by atoms with Crippen molar-refractivity contribution in [3.05, 3.63) is 29.8 Å². The maximum atomic E-state index is 5.41. The molecular formula is C13H19NOS. The highest BCUT2D eigenvalue weighted by Gasteiger charge is 2.15. The Hall–Kier alpha value is -0.670. The molecule has 0 bridgehead atoms. The molecule has 1 aliphatic rings. The van der Waals surface area contributed by atoms with Crippen molar-refractivity contribution in [2.45, 2.75) is 12.7 Å². The van der Waals surface area contributed by atoms with Crippen molar-refractivity contribution < 1.29 is 4.74 Å². The monoisotopic (exact) mass is 237 g/mol. The molecule has 0 amide bonds. The van der Waals surface area contributed by atoms with Crippen LogP contribution in [0.1, 0.15) is 12.5 Å². The lowest BCUT2D eigenvalue weighted by molar-refractivity contribution is 0.340. The molecule has 0 aliphatic carbocycles. The lowest BCUT2D eigenvalue weighted by Crippen LogP contribution is -2.43. The molecule has 1 N–H and O–H groups in total. The van der Waals surface area contributed by atoms with Gasteiger partial charge in [-0.1, -0.05) is 12.1 Å². The van der Waals surface area contributed by atoms with Crippen molar-refractivity contribution in [1.29, 1.82) is 0 Å². The minimum absolute atomic E-state index is 0.739. The van der Waals surface area contributed by atoms with Gasteiger partial charge in [0, 0.05) is 5.75 Å². The molecule has 0 radical (unpaired) electrons. The second-order valence-electron chi connectivity index (χ2n) is 4.12. The second kappa shape index (κ2) is 6.16. The van der Waals surface area contributed by atoms with Crippen LogP contribution in [0, 0.1) is 5.92 Å². The third kappa shape index (κ3) is 3.42. The molecule has 0 unspecified atom stereocenters. The van der Waals surface area contributed by atoms with E-state index in [4.69, 9.17) is 4.74 Å². The zero-order chi connectivity index (χ0) is 11.2. The number of nitrogens with one attached hydrogen (secondary N) is 1.